The molecule has 1 aliphatic rings. The second-order valence-corrected chi connectivity index (χ2v) is 7.72. The number of rotatable bonds is 4. The van der Waals surface area contributed by atoms with Crippen LogP contribution in [-0.2, 0) is 15.8 Å². The predicted molar refractivity (Wildman–Crippen MR) is 81.1 cm³/mol. The Labute approximate surface area is 118 Å². The summed E-state index contributed by atoms with van der Waals surface area (Å²) in [5.74, 6) is 0.0449. The lowest BCUT2D eigenvalue weighted by Gasteiger charge is -2.29. The van der Waals surface area contributed by atoms with E-state index in [0.717, 1.165) is 5.57 Å². The summed E-state index contributed by atoms with van der Waals surface area (Å²) in [4.78, 5) is 11.7. The first-order valence-corrected chi connectivity index (χ1v) is 7.58. The number of hydrogen-bond acceptors (Lipinski definition) is 2. The van der Waals surface area contributed by atoms with Crippen LogP contribution in [0.3, 0.4) is 0 Å². The molecule has 19 heavy (non-hydrogen) atoms. The maximum Gasteiger partial charge on any atom is 0.157 e. The summed E-state index contributed by atoms with van der Waals surface area (Å²) in [6.07, 6.45) is 9.56. The van der Waals surface area contributed by atoms with Gasteiger partial charge < -0.3 is 0 Å². The third-order valence-corrected chi connectivity index (χ3v) is 4.71. The molecule has 106 valence electrons. The lowest BCUT2D eigenvalue weighted by molar-refractivity contribution is -0.113. The van der Waals surface area contributed by atoms with Crippen molar-refractivity contribution in [2.24, 2.45) is 0 Å². The molecule has 0 spiro atoms. The van der Waals surface area contributed by atoms with Gasteiger partial charge in [0.25, 0.3) is 0 Å². The van der Waals surface area contributed by atoms with Crippen molar-refractivity contribution in [3.63, 3.8) is 0 Å². The van der Waals surface area contributed by atoms with Crippen LogP contribution >= 0.6 is 0 Å². The molecule has 2 atom stereocenters. The molecule has 1 heterocycles. The van der Waals surface area contributed by atoms with E-state index in [-0.39, 0.29) is 16.6 Å². The minimum absolute atomic E-state index is 0.0449. The lowest BCUT2D eigenvalue weighted by atomic mass is 10.1. The minimum atomic E-state index is -1.13. The van der Waals surface area contributed by atoms with Crippen molar-refractivity contribution in [3.05, 3.63) is 36.0 Å². The summed E-state index contributed by atoms with van der Waals surface area (Å²) in [7, 11) is -1.13. The Morgan fingerprint density at radius 1 is 1.42 bits per heavy atom. The molecule has 0 fully saturated rings. The molecule has 0 saturated heterocycles. The number of hydrogen-bond donors (Lipinski definition) is 0. The average Bonchev–Trinajstić information content (AvgIpc) is 2.71. The molecule has 3 nitrogen and oxygen atoms in total. The highest BCUT2D eigenvalue weighted by molar-refractivity contribution is 7.84. The maximum absolute atomic E-state index is 12.5. The second kappa shape index (κ2) is 6.44. The van der Waals surface area contributed by atoms with Gasteiger partial charge in [0.15, 0.2) is 5.78 Å². The summed E-state index contributed by atoms with van der Waals surface area (Å²) in [6.45, 7) is 9.89. The van der Waals surface area contributed by atoms with Gasteiger partial charge in [-0.05, 0) is 34.6 Å². The Hall–Kier alpha value is -1.00. The predicted octanol–water partition coefficient (Wildman–Crippen LogP) is 2.78. The van der Waals surface area contributed by atoms with E-state index in [2.05, 4.69) is 0 Å². The molecule has 0 radical (unpaired) electrons. The molecular formula is C15H23NO2S. The maximum atomic E-state index is 12.5. The van der Waals surface area contributed by atoms with E-state index in [0.29, 0.717) is 6.54 Å². The van der Waals surface area contributed by atoms with Crippen molar-refractivity contribution in [2.45, 2.75) is 45.4 Å². The molecule has 0 aromatic carbocycles. The molecule has 1 rings (SSSR count). The normalized spacial score (nSPS) is 23.2. The zero-order valence-electron chi connectivity index (χ0n) is 12.3. The van der Waals surface area contributed by atoms with Crippen molar-refractivity contribution < 1.29 is 9.00 Å². The van der Waals surface area contributed by atoms with Crippen LogP contribution in [0.15, 0.2) is 36.0 Å². The van der Waals surface area contributed by atoms with Gasteiger partial charge in [-0.15, -0.1) is 0 Å². The highest BCUT2D eigenvalue weighted by Gasteiger charge is 2.36. The lowest BCUT2D eigenvalue weighted by Crippen LogP contribution is -2.41. The second-order valence-electron chi connectivity index (χ2n) is 5.53. The van der Waals surface area contributed by atoms with Gasteiger partial charge in [0, 0.05) is 12.1 Å². The van der Waals surface area contributed by atoms with Gasteiger partial charge in [-0.1, -0.05) is 30.4 Å². The quantitative estimate of drug-likeness (QED) is 0.743. The van der Waals surface area contributed by atoms with Crippen LogP contribution in [0, 0.1) is 0 Å². The third kappa shape index (κ3) is 3.98. The average molecular weight is 281 g/mol. The number of carbonyl (C=O) groups is 1. The zero-order valence-corrected chi connectivity index (χ0v) is 13.2. The van der Waals surface area contributed by atoms with Crippen LogP contribution in [0.1, 0.15) is 34.6 Å². The fourth-order valence-corrected chi connectivity index (χ4v) is 3.24. The molecule has 0 saturated carbocycles. The number of nitrogens with zero attached hydrogens (tertiary/aromatic N) is 1. The Morgan fingerprint density at radius 3 is 2.53 bits per heavy atom. The molecule has 0 amide bonds. The molecular weight excluding hydrogens is 258 g/mol. The molecule has 0 aromatic heterocycles. The van der Waals surface area contributed by atoms with Crippen LogP contribution in [0.25, 0.3) is 0 Å². The van der Waals surface area contributed by atoms with Crippen LogP contribution in [-0.4, -0.2) is 31.6 Å². The molecule has 0 unspecified atom stereocenters. The molecule has 1 aliphatic heterocycles. The van der Waals surface area contributed by atoms with Crippen LogP contribution in [0.4, 0.5) is 0 Å². The summed E-state index contributed by atoms with van der Waals surface area (Å²) < 4.78 is 14.1. The highest BCUT2D eigenvalue weighted by Crippen LogP contribution is 2.27. The van der Waals surface area contributed by atoms with E-state index >= 15 is 0 Å². The fraction of sp³-hybridized carbons (Fsp3) is 0.533. The van der Waals surface area contributed by atoms with Gasteiger partial charge in [0.2, 0.25) is 0 Å². The van der Waals surface area contributed by atoms with Gasteiger partial charge in [-0.3, -0.25) is 4.79 Å². The van der Waals surface area contributed by atoms with Gasteiger partial charge in [-0.25, -0.2) is 8.51 Å². The number of Topliss-reactive ketones (excluding diaryl/α,β-unsaturated/α-hetero) is 1. The summed E-state index contributed by atoms with van der Waals surface area (Å²) in [5.41, 5.74) is 0.735. The molecule has 0 bridgehead atoms. The first-order chi connectivity index (χ1) is 8.79. The monoisotopic (exact) mass is 281 g/mol. The Kier molecular flexibility index (Phi) is 5.44. The van der Waals surface area contributed by atoms with E-state index in [1.54, 1.807) is 6.92 Å². The Balaban J connectivity index is 3.01. The smallest absolute Gasteiger partial charge is 0.157 e. The molecule has 4 heteroatoms. The number of ketones is 1. The first-order valence-electron chi connectivity index (χ1n) is 6.48. The van der Waals surface area contributed by atoms with E-state index in [9.17, 15) is 9.00 Å². The van der Waals surface area contributed by atoms with Crippen molar-refractivity contribution in [3.8, 4) is 0 Å². The van der Waals surface area contributed by atoms with Gasteiger partial charge in [0.05, 0.1) is 10.8 Å². The van der Waals surface area contributed by atoms with Gasteiger partial charge >= 0.3 is 0 Å². The Morgan fingerprint density at radius 2 is 2.05 bits per heavy atom. The Bertz CT molecular complexity index is 455. The molecule has 0 N–H and O–H groups in total. The third-order valence-electron chi connectivity index (χ3n) is 2.86. The zero-order chi connectivity index (χ0) is 14.6. The van der Waals surface area contributed by atoms with Gasteiger partial charge in [0.1, 0.15) is 11.0 Å². The molecule has 0 aliphatic carbocycles. The van der Waals surface area contributed by atoms with E-state index in [4.69, 9.17) is 0 Å². The van der Waals surface area contributed by atoms with Crippen LogP contribution in [0.2, 0.25) is 0 Å². The van der Waals surface area contributed by atoms with Crippen molar-refractivity contribution in [1.82, 2.24) is 4.31 Å². The molecule has 0 aromatic rings. The van der Waals surface area contributed by atoms with Crippen molar-refractivity contribution in [2.75, 3.05) is 6.54 Å². The van der Waals surface area contributed by atoms with Crippen LogP contribution < -0.4 is 0 Å². The van der Waals surface area contributed by atoms with E-state index in [1.165, 1.54) is 0 Å². The topological polar surface area (TPSA) is 37.4 Å². The van der Waals surface area contributed by atoms with Gasteiger partial charge in [-0.2, -0.15) is 0 Å². The summed E-state index contributed by atoms with van der Waals surface area (Å²) in [6, 6.07) is -0.186. The first kappa shape index (κ1) is 16.1. The van der Waals surface area contributed by atoms with Crippen molar-refractivity contribution >= 4 is 16.8 Å². The summed E-state index contributed by atoms with van der Waals surface area (Å²) in [5, 5.41) is 0. The standard InChI is InChI=1S/C15H23NO2S/c1-6-7-8-9-14-13(12(2)17)10-11-16(14)19(18)15(3,4)5/h6-10,14H,11H2,1-5H3/b7-6+,9-8+/t14-,19+/m1/s1. The number of carbonyl (C=O) groups excluding carboxylic acids is 1. The highest BCUT2D eigenvalue weighted by atomic mass is 32.2. The minimum Gasteiger partial charge on any atom is -0.295 e. The van der Waals surface area contributed by atoms with E-state index in [1.807, 2.05) is 62.4 Å². The largest absolute Gasteiger partial charge is 0.295 e. The number of allylic oxidation sites excluding steroid dienone is 3. The fourth-order valence-electron chi connectivity index (χ4n) is 1.93. The SMILES string of the molecule is C/C=C/C=C/[C@@H]1C(C(C)=O)=CCN1[S@@](=O)C(C)(C)C. The van der Waals surface area contributed by atoms with Crippen LogP contribution in [0.5, 0.6) is 0 Å². The van der Waals surface area contributed by atoms with E-state index < -0.39 is 11.0 Å². The summed E-state index contributed by atoms with van der Waals surface area (Å²) >= 11 is 0. The van der Waals surface area contributed by atoms with Crippen molar-refractivity contribution in [1.29, 1.82) is 0 Å².